The summed E-state index contributed by atoms with van der Waals surface area (Å²) in [5.41, 5.74) is 0.881. The van der Waals surface area contributed by atoms with Crippen molar-refractivity contribution in [1.82, 2.24) is 4.90 Å². The van der Waals surface area contributed by atoms with Gasteiger partial charge in [-0.1, -0.05) is 12.1 Å². The Morgan fingerprint density at radius 2 is 1.88 bits per heavy atom. The molecule has 2 fully saturated rings. The van der Waals surface area contributed by atoms with E-state index >= 15 is 0 Å². The highest BCUT2D eigenvalue weighted by Crippen LogP contribution is 2.42. The largest absolute Gasteiger partial charge is 0.469 e. The highest BCUT2D eigenvalue weighted by molar-refractivity contribution is 5.90. The fourth-order valence-corrected chi connectivity index (χ4v) is 3.26. The van der Waals surface area contributed by atoms with E-state index in [-0.39, 0.29) is 35.6 Å². The first kappa shape index (κ1) is 16.9. The number of carbonyl (C=O) groups excluding carboxylic acids is 2. The molecule has 130 valence electrons. The van der Waals surface area contributed by atoms with Gasteiger partial charge in [0.1, 0.15) is 5.82 Å². The molecule has 24 heavy (non-hydrogen) atoms. The molecule has 0 aromatic heterocycles. The molecular formula is C18H22FNO4. The maximum Gasteiger partial charge on any atom is 0.309 e. The van der Waals surface area contributed by atoms with Gasteiger partial charge in [0.15, 0.2) is 0 Å². The van der Waals surface area contributed by atoms with Gasteiger partial charge in [-0.25, -0.2) is 4.39 Å². The molecule has 1 aromatic rings. The zero-order valence-corrected chi connectivity index (χ0v) is 13.7. The van der Waals surface area contributed by atoms with Crippen molar-refractivity contribution in [1.29, 1.82) is 0 Å². The molecule has 6 heteroatoms. The van der Waals surface area contributed by atoms with E-state index in [1.165, 1.54) is 19.2 Å². The van der Waals surface area contributed by atoms with Gasteiger partial charge in [0.05, 0.1) is 18.9 Å². The number of methoxy groups -OCH3 is 1. The van der Waals surface area contributed by atoms with E-state index in [1.54, 1.807) is 12.1 Å². The molecule has 1 aliphatic heterocycles. The van der Waals surface area contributed by atoms with E-state index in [1.807, 2.05) is 4.90 Å². The Labute approximate surface area is 140 Å². The monoisotopic (exact) mass is 335 g/mol. The van der Waals surface area contributed by atoms with Crippen molar-refractivity contribution >= 4 is 11.9 Å². The summed E-state index contributed by atoms with van der Waals surface area (Å²) in [6.45, 7) is 1.68. The van der Waals surface area contributed by atoms with Gasteiger partial charge < -0.3 is 14.4 Å². The molecule has 1 heterocycles. The predicted octanol–water partition coefficient (Wildman–Crippen LogP) is 2.14. The van der Waals surface area contributed by atoms with Crippen LogP contribution in [0.4, 0.5) is 4.39 Å². The second-order valence-electron chi connectivity index (χ2n) is 6.41. The van der Waals surface area contributed by atoms with Gasteiger partial charge in [-0.15, -0.1) is 0 Å². The topological polar surface area (TPSA) is 55.8 Å². The Bertz CT molecular complexity index is 598. The van der Waals surface area contributed by atoms with Crippen molar-refractivity contribution in [2.24, 2.45) is 11.8 Å². The van der Waals surface area contributed by atoms with Crippen molar-refractivity contribution in [3.05, 3.63) is 35.6 Å². The molecule has 0 N–H and O–H groups in total. The third-order valence-electron chi connectivity index (χ3n) is 4.79. The van der Waals surface area contributed by atoms with Crippen LogP contribution >= 0.6 is 0 Å². The zero-order valence-electron chi connectivity index (χ0n) is 13.7. The molecule has 2 aliphatic rings. The molecule has 0 bridgehead atoms. The van der Waals surface area contributed by atoms with Gasteiger partial charge >= 0.3 is 5.97 Å². The van der Waals surface area contributed by atoms with Crippen molar-refractivity contribution in [3.63, 3.8) is 0 Å². The summed E-state index contributed by atoms with van der Waals surface area (Å²) in [4.78, 5) is 26.4. The Balaban J connectivity index is 1.73. The zero-order chi connectivity index (χ0) is 17.1. The molecule has 3 rings (SSSR count). The Kier molecular flexibility index (Phi) is 5.14. The summed E-state index contributed by atoms with van der Waals surface area (Å²) >= 11 is 0. The first-order chi connectivity index (χ1) is 11.6. The quantitative estimate of drug-likeness (QED) is 0.774. The van der Waals surface area contributed by atoms with Gasteiger partial charge in [0.25, 0.3) is 0 Å². The Hall–Kier alpha value is -1.95. The fourth-order valence-electron chi connectivity index (χ4n) is 3.26. The van der Waals surface area contributed by atoms with Crippen LogP contribution in [-0.2, 0) is 25.6 Å². The summed E-state index contributed by atoms with van der Waals surface area (Å²) in [7, 11) is 1.34. The first-order valence-electron chi connectivity index (χ1n) is 8.30. The predicted molar refractivity (Wildman–Crippen MR) is 84.4 cm³/mol. The van der Waals surface area contributed by atoms with Crippen LogP contribution < -0.4 is 0 Å². The minimum Gasteiger partial charge on any atom is -0.469 e. The molecule has 2 atom stereocenters. The maximum absolute atomic E-state index is 13.1. The number of halogens is 1. The van der Waals surface area contributed by atoms with Crippen LogP contribution in [0.3, 0.4) is 0 Å². The molecule has 1 saturated carbocycles. The summed E-state index contributed by atoms with van der Waals surface area (Å²) in [5, 5.41) is 0. The number of nitrogens with zero attached hydrogens (tertiary/aromatic N) is 1. The van der Waals surface area contributed by atoms with Crippen LogP contribution in [0.1, 0.15) is 24.8 Å². The van der Waals surface area contributed by atoms with E-state index in [4.69, 9.17) is 9.47 Å². The minimum atomic E-state index is -0.321. The molecule has 0 unspecified atom stereocenters. The van der Waals surface area contributed by atoms with Crippen LogP contribution in [0.5, 0.6) is 0 Å². The van der Waals surface area contributed by atoms with Crippen LogP contribution in [-0.4, -0.2) is 43.1 Å². The van der Waals surface area contributed by atoms with Crippen LogP contribution in [0.2, 0.25) is 0 Å². The fraction of sp³-hybridized carbons (Fsp3) is 0.556. The molecule has 1 amide bonds. The third kappa shape index (κ3) is 3.75. The lowest BCUT2D eigenvalue weighted by Crippen LogP contribution is -2.44. The SMILES string of the molecule is COC(=O)[C@H]1C[C@H]1C(=O)N(Cc1ccc(F)cc1)C1CCOCC1. The number of hydrogen-bond donors (Lipinski definition) is 0. The molecule has 1 aliphatic carbocycles. The average molecular weight is 335 g/mol. The molecule has 1 aromatic carbocycles. The van der Waals surface area contributed by atoms with Gasteiger partial charge in [0, 0.05) is 25.8 Å². The van der Waals surface area contributed by atoms with Crippen molar-refractivity contribution in [2.45, 2.75) is 31.8 Å². The molecular weight excluding hydrogens is 313 g/mol. The molecule has 1 saturated heterocycles. The van der Waals surface area contributed by atoms with Gasteiger partial charge in [0.2, 0.25) is 5.91 Å². The van der Waals surface area contributed by atoms with Crippen molar-refractivity contribution < 1.29 is 23.5 Å². The summed E-state index contributed by atoms with van der Waals surface area (Å²) < 4.78 is 23.2. The number of ether oxygens (including phenoxy) is 2. The summed E-state index contributed by atoms with van der Waals surface area (Å²) in [6, 6.07) is 6.28. The van der Waals surface area contributed by atoms with Crippen LogP contribution in [0.15, 0.2) is 24.3 Å². The first-order valence-corrected chi connectivity index (χ1v) is 8.30. The maximum atomic E-state index is 13.1. The number of amides is 1. The standard InChI is InChI=1S/C18H22FNO4/c1-23-18(22)16-10-15(16)17(21)20(14-6-8-24-9-7-14)11-12-2-4-13(19)5-3-12/h2-5,14-16H,6-11H2,1H3/t15-,16+/m1/s1. The van der Waals surface area contributed by atoms with E-state index < -0.39 is 0 Å². The lowest BCUT2D eigenvalue weighted by Gasteiger charge is -2.34. The number of rotatable bonds is 5. The van der Waals surface area contributed by atoms with Crippen molar-refractivity contribution in [2.75, 3.05) is 20.3 Å². The highest BCUT2D eigenvalue weighted by Gasteiger charge is 2.51. The number of esters is 1. The highest BCUT2D eigenvalue weighted by atomic mass is 19.1. The van der Waals surface area contributed by atoms with Gasteiger partial charge in [-0.3, -0.25) is 9.59 Å². The summed E-state index contributed by atoms with van der Waals surface area (Å²) in [5.74, 6) is -1.24. The molecule has 0 radical (unpaired) electrons. The molecule has 0 spiro atoms. The van der Waals surface area contributed by atoms with E-state index in [0.717, 1.165) is 18.4 Å². The smallest absolute Gasteiger partial charge is 0.309 e. The second kappa shape index (κ2) is 7.30. The number of carbonyl (C=O) groups is 2. The van der Waals surface area contributed by atoms with Gasteiger partial charge in [-0.2, -0.15) is 0 Å². The number of hydrogen-bond acceptors (Lipinski definition) is 4. The lowest BCUT2D eigenvalue weighted by molar-refractivity contribution is -0.146. The summed E-state index contributed by atoms with van der Waals surface area (Å²) in [6.07, 6.45) is 2.11. The van der Waals surface area contributed by atoms with Crippen LogP contribution in [0.25, 0.3) is 0 Å². The van der Waals surface area contributed by atoms with E-state index in [9.17, 15) is 14.0 Å². The minimum absolute atomic E-state index is 0.0124. The van der Waals surface area contributed by atoms with Gasteiger partial charge in [-0.05, 0) is 37.0 Å². The van der Waals surface area contributed by atoms with E-state index in [0.29, 0.717) is 26.2 Å². The Morgan fingerprint density at radius 3 is 2.50 bits per heavy atom. The Morgan fingerprint density at radius 1 is 1.21 bits per heavy atom. The number of benzene rings is 1. The third-order valence-corrected chi connectivity index (χ3v) is 4.79. The van der Waals surface area contributed by atoms with Crippen molar-refractivity contribution in [3.8, 4) is 0 Å². The molecule has 5 nitrogen and oxygen atoms in total. The normalized spacial score (nSPS) is 23.6. The lowest BCUT2D eigenvalue weighted by atomic mass is 10.0. The second-order valence-corrected chi connectivity index (χ2v) is 6.41. The van der Waals surface area contributed by atoms with Crippen LogP contribution in [0, 0.1) is 17.7 Å². The van der Waals surface area contributed by atoms with E-state index in [2.05, 4.69) is 0 Å². The average Bonchev–Trinajstić information content (AvgIpc) is 3.41.